The van der Waals surface area contributed by atoms with Gasteiger partial charge in [0.2, 0.25) is 0 Å². The van der Waals surface area contributed by atoms with Gasteiger partial charge in [-0.15, -0.1) is 0 Å². The Morgan fingerprint density at radius 1 is 1.35 bits per heavy atom. The van der Waals surface area contributed by atoms with Crippen molar-refractivity contribution in [2.24, 2.45) is 0 Å². The average Bonchev–Trinajstić information content (AvgIpc) is 2.70. The third-order valence-electron chi connectivity index (χ3n) is 3.35. The Kier molecular flexibility index (Phi) is 4.39. The SMILES string of the molecule is CCCc1cn([C@H]2O[C@@H](CO)C(O)C2O)c(=O)[nH]c1=O. The number of nitrogens with one attached hydrogen (secondary N) is 1. The van der Waals surface area contributed by atoms with Crippen LogP contribution in [0.15, 0.2) is 15.8 Å². The second-order valence-corrected chi connectivity index (χ2v) is 4.80. The molecule has 8 heteroatoms. The number of aliphatic hydroxyl groups is 3. The highest BCUT2D eigenvalue weighted by Gasteiger charge is 2.43. The predicted molar refractivity (Wildman–Crippen MR) is 68.3 cm³/mol. The zero-order valence-electron chi connectivity index (χ0n) is 11.0. The fourth-order valence-electron chi connectivity index (χ4n) is 2.27. The summed E-state index contributed by atoms with van der Waals surface area (Å²) in [6, 6.07) is 0. The van der Waals surface area contributed by atoms with Gasteiger partial charge in [-0.1, -0.05) is 13.3 Å². The van der Waals surface area contributed by atoms with Crippen molar-refractivity contribution in [2.75, 3.05) is 6.61 Å². The minimum atomic E-state index is -1.36. The normalized spacial score (nSPS) is 29.8. The summed E-state index contributed by atoms with van der Waals surface area (Å²) in [7, 11) is 0. The van der Waals surface area contributed by atoms with Crippen LogP contribution in [-0.2, 0) is 11.2 Å². The lowest BCUT2D eigenvalue weighted by Gasteiger charge is -2.17. The smallest absolute Gasteiger partial charge is 0.330 e. The van der Waals surface area contributed by atoms with Gasteiger partial charge in [0, 0.05) is 11.8 Å². The van der Waals surface area contributed by atoms with Gasteiger partial charge in [0.25, 0.3) is 5.56 Å². The number of aromatic nitrogens is 2. The number of H-pyrrole nitrogens is 1. The van der Waals surface area contributed by atoms with E-state index in [2.05, 4.69) is 4.98 Å². The first-order valence-corrected chi connectivity index (χ1v) is 6.46. The lowest BCUT2D eigenvalue weighted by molar-refractivity contribution is -0.0551. The molecule has 1 saturated heterocycles. The van der Waals surface area contributed by atoms with Gasteiger partial charge in [-0.25, -0.2) is 4.79 Å². The summed E-state index contributed by atoms with van der Waals surface area (Å²) < 4.78 is 6.30. The molecule has 2 rings (SSSR count). The summed E-state index contributed by atoms with van der Waals surface area (Å²) in [5.74, 6) is 0. The van der Waals surface area contributed by atoms with E-state index in [1.165, 1.54) is 6.20 Å². The molecule has 2 heterocycles. The summed E-state index contributed by atoms with van der Waals surface area (Å²) in [6.07, 6.45) is -2.23. The molecule has 0 aliphatic carbocycles. The second kappa shape index (κ2) is 5.88. The van der Waals surface area contributed by atoms with Crippen molar-refractivity contribution in [1.29, 1.82) is 0 Å². The molecule has 4 atom stereocenters. The maximum atomic E-state index is 11.8. The number of aromatic amines is 1. The van der Waals surface area contributed by atoms with Crippen LogP contribution in [0.3, 0.4) is 0 Å². The maximum Gasteiger partial charge on any atom is 0.330 e. The molecule has 1 aliphatic heterocycles. The van der Waals surface area contributed by atoms with Crippen LogP contribution in [0.25, 0.3) is 0 Å². The lowest BCUT2D eigenvalue weighted by atomic mass is 10.1. The van der Waals surface area contributed by atoms with Gasteiger partial charge in [0.1, 0.15) is 18.3 Å². The van der Waals surface area contributed by atoms with E-state index in [0.29, 0.717) is 12.0 Å². The molecule has 1 aromatic heterocycles. The molecule has 20 heavy (non-hydrogen) atoms. The largest absolute Gasteiger partial charge is 0.394 e. The Hall–Kier alpha value is -1.48. The fraction of sp³-hybridized carbons (Fsp3) is 0.667. The van der Waals surface area contributed by atoms with Crippen LogP contribution in [0.4, 0.5) is 0 Å². The molecule has 0 spiro atoms. The first-order chi connectivity index (χ1) is 9.49. The summed E-state index contributed by atoms with van der Waals surface area (Å²) in [4.78, 5) is 25.6. The molecular weight excluding hydrogens is 268 g/mol. The summed E-state index contributed by atoms with van der Waals surface area (Å²) in [6.45, 7) is 1.41. The number of nitrogens with zero attached hydrogens (tertiary/aromatic N) is 1. The van der Waals surface area contributed by atoms with Crippen molar-refractivity contribution in [3.8, 4) is 0 Å². The van der Waals surface area contributed by atoms with Gasteiger partial charge < -0.3 is 20.1 Å². The van der Waals surface area contributed by atoms with E-state index < -0.39 is 42.4 Å². The first kappa shape index (κ1) is 14.9. The number of aliphatic hydroxyl groups excluding tert-OH is 3. The van der Waals surface area contributed by atoms with Crippen molar-refractivity contribution < 1.29 is 20.1 Å². The maximum absolute atomic E-state index is 11.8. The van der Waals surface area contributed by atoms with Crippen molar-refractivity contribution in [1.82, 2.24) is 9.55 Å². The average molecular weight is 286 g/mol. The molecule has 1 fully saturated rings. The minimum absolute atomic E-state index is 0.393. The van der Waals surface area contributed by atoms with Crippen LogP contribution in [0.2, 0.25) is 0 Å². The Bertz CT molecular complexity index is 580. The van der Waals surface area contributed by atoms with Gasteiger partial charge in [-0.2, -0.15) is 0 Å². The molecule has 112 valence electrons. The zero-order chi connectivity index (χ0) is 14.9. The minimum Gasteiger partial charge on any atom is -0.394 e. The standard InChI is InChI=1S/C12H18N2O6/c1-2-3-6-4-14(12(19)13-10(6)18)11-9(17)8(16)7(5-15)20-11/h4,7-9,11,15-17H,2-3,5H2,1H3,(H,13,18,19)/t7-,8?,9?,11-/m0/s1. The van der Waals surface area contributed by atoms with Gasteiger partial charge >= 0.3 is 5.69 Å². The van der Waals surface area contributed by atoms with Crippen LogP contribution >= 0.6 is 0 Å². The van der Waals surface area contributed by atoms with Gasteiger partial charge in [0.05, 0.1) is 6.61 Å². The highest BCUT2D eigenvalue weighted by atomic mass is 16.6. The van der Waals surface area contributed by atoms with Crippen molar-refractivity contribution in [3.63, 3.8) is 0 Å². The third-order valence-corrected chi connectivity index (χ3v) is 3.35. The van der Waals surface area contributed by atoms with Crippen molar-refractivity contribution in [2.45, 2.75) is 44.3 Å². The molecule has 1 aromatic rings. The summed E-state index contributed by atoms with van der Waals surface area (Å²) >= 11 is 0. The fourth-order valence-corrected chi connectivity index (χ4v) is 2.27. The van der Waals surface area contributed by atoms with E-state index in [4.69, 9.17) is 9.84 Å². The molecule has 0 radical (unpaired) electrons. The monoisotopic (exact) mass is 286 g/mol. The lowest BCUT2D eigenvalue weighted by Crippen LogP contribution is -2.38. The molecule has 0 aromatic carbocycles. The van der Waals surface area contributed by atoms with E-state index >= 15 is 0 Å². The Balaban J connectivity index is 2.40. The molecule has 1 aliphatic rings. The molecule has 8 nitrogen and oxygen atoms in total. The molecule has 4 N–H and O–H groups in total. The number of ether oxygens (including phenoxy) is 1. The van der Waals surface area contributed by atoms with E-state index in [9.17, 15) is 19.8 Å². The summed E-state index contributed by atoms with van der Waals surface area (Å²) in [5, 5.41) is 28.6. The Morgan fingerprint density at radius 2 is 2.05 bits per heavy atom. The van der Waals surface area contributed by atoms with Crippen LogP contribution in [0.1, 0.15) is 25.1 Å². The molecule has 0 saturated carbocycles. The van der Waals surface area contributed by atoms with Gasteiger partial charge in [-0.3, -0.25) is 14.3 Å². The second-order valence-electron chi connectivity index (χ2n) is 4.80. The molecule has 2 unspecified atom stereocenters. The Morgan fingerprint density at radius 3 is 2.60 bits per heavy atom. The van der Waals surface area contributed by atoms with E-state index in [1.54, 1.807) is 0 Å². The van der Waals surface area contributed by atoms with Crippen LogP contribution in [-0.4, -0.2) is 49.8 Å². The first-order valence-electron chi connectivity index (χ1n) is 6.46. The van der Waals surface area contributed by atoms with Crippen molar-refractivity contribution >= 4 is 0 Å². The van der Waals surface area contributed by atoms with Crippen LogP contribution in [0, 0.1) is 0 Å². The topological polar surface area (TPSA) is 125 Å². The van der Waals surface area contributed by atoms with Gasteiger partial charge in [-0.05, 0) is 6.42 Å². The van der Waals surface area contributed by atoms with Gasteiger partial charge in [0.15, 0.2) is 6.23 Å². The highest BCUT2D eigenvalue weighted by Crippen LogP contribution is 2.27. The molecule has 0 amide bonds. The number of hydrogen-bond acceptors (Lipinski definition) is 6. The van der Waals surface area contributed by atoms with Crippen molar-refractivity contribution in [3.05, 3.63) is 32.6 Å². The zero-order valence-corrected chi connectivity index (χ0v) is 11.0. The van der Waals surface area contributed by atoms with Crippen LogP contribution < -0.4 is 11.2 Å². The molecular formula is C12H18N2O6. The highest BCUT2D eigenvalue weighted by molar-refractivity contribution is 5.06. The number of hydrogen-bond donors (Lipinski definition) is 4. The predicted octanol–water partition coefficient (Wildman–Crippen LogP) is -1.90. The van der Waals surface area contributed by atoms with Crippen LogP contribution in [0.5, 0.6) is 0 Å². The Labute approximate surface area is 114 Å². The van der Waals surface area contributed by atoms with E-state index in [-0.39, 0.29) is 0 Å². The third kappa shape index (κ3) is 2.55. The quantitative estimate of drug-likeness (QED) is 0.512. The number of rotatable bonds is 4. The van der Waals surface area contributed by atoms with E-state index in [0.717, 1.165) is 11.0 Å². The van der Waals surface area contributed by atoms with E-state index in [1.807, 2.05) is 6.92 Å². The number of aryl methyl sites for hydroxylation is 1. The molecule has 0 bridgehead atoms. The summed E-state index contributed by atoms with van der Waals surface area (Å²) in [5.41, 5.74) is -0.811.